The van der Waals surface area contributed by atoms with Crippen molar-refractivity contribution in [2.45, 2.75) is 63.5 Å². The summed E-state index contributed by atoms with van der Waals surface area (Å²) in [5.74, 6) is 2.18. The van der Waals surface area contributed by atoms with Gasteiger partial charge in [0.05, 0.1) is 19.3 Å². The number of nitrogens with zero attached hydrogens (tertiary/aromatic N) is 1. The average molecular weight is 534 g/mol. The quantitative estimate of drug-likeness (QED) is 0.296. The van der Waals surface area contributed by atoms with E-state index in [0.29, 0.717) is 24.0 Å². The van der Waals surface area contributed by atoms with Crippen LogP contribution >= 0.6 is 35.7 Å². The number of aliphatic imine (C=N–C) groups is 1. The minimum atomic E-state index is 0. The Labute approximate surface area is 197 Å². The summed E-state index contributed by atoms with van der Waals surface area (Å²) in [5.41, 5.74) is 2.43. The monoisotopic (exact) mass is 533 g/mol. The fourth-order valence-electron chi connectivity index (χ4n) is 3.56. The molecule has 164 valence electrons. The van der Waals surface area contributed by atoms with E-state index in [1.54, 1.807) is 0 Å². The standard InChI is InChI=1S/C22H35N3O2S.HI/c1-3-23-21(25-17-22(2)11-4-14-28-22)24-15-18-5-7-19(8-6-18)16-27-20-9-12-26-13-10-20;/h5-8,20H,3-4,9-17H2,1-2H3,(H2,23,24,25);1H. The van der Waals surface area contributed by atoms with Crippen LogP contribution in [0.3, 0.4) is 0 Å². The van der Waals surface area contributed by atoms with Gasteiger partial charge in [-0.3, -0.25) is 0 Å². The highest BCUT2D eigenvalue weighted by atomic mass is 127. The molecule has 0 amide bonds. The lowest BCUT2D eigenvalue weighted by Gasteiger charge is -2.24. The number of halogens is 1. The van der Waals surface area contributed by atoms with Gasteiger partial charge in [0.15, 0.2) is 5.96 Å². The average Bonchev–Trinajstić information content (AvgIpc) is 3.17. The summed E-state index contributed by atoms with van der Waals surface area (Å²) in [6.45, 7) is 9.29. The van der Waals surface area contributed by atoms with Gasteiger partial charge in [-0.25, -0.2) is 4.99 Å². The van der Waals surface area contributed by atoms with Crippen LogP contribution in [0.5, 0.6) is 0 Å². The number of rotatable bonds is 8. The van der Waals surface area contributed by atoms with Crippen molar-refractivity contribution >= 4 is 41.7 Å². The normalized spacial score (nSPS) is 22.9. The molecule has 1 atom stereocenters. The third kappa shape index (κ3) is 8.63. The molecule has 1 unspecified atom stereocenters. The Hall–Kier alpha value is -0.510. The minimum absolute atomic E-state index is 0. The molecule has 2 fully saturated rings. The first-order valence-corrected chi connectivity index (χ1v) is 11.6. The molecule has 2 aliphatic heterocycles. The molecule has 2 saturated heterocycles. The number of hydrogen-bond acceptors (Lipinski definition) is 4. The maximum atomic E-state index is 6.00. The Balaban J connectivity index is 0.00000300. The molecule has 1 aromatic rings. The van der Waals surface area contributed by atoms with Crippen LogP contribution in [0.1, 0.15) is 50.7 Å². The van der Waals surface area contributed by atoms with Gasteiger partial charge in [0, 0.05) is 31.1 Å². The van der Waals surface area contributed by atoms with Gasteiger partial charge in [-0.1, -0.05) is 24.3 Å². The van der Waals surface area contributed by atoms with Crippen molar-refractivity contribution < 1.29 is 9.47 Å². The van der Waals surface area contributed by atoms with E-state index in [1.165, 1.54) is 29.7 Å². The SMILES string of the molecule is CCNC(=NCc1ccc(COC2CCOCC2)cc1)NCC1(C)CCCS1.I. The van der Waals surface area contributed by atoms with E-state index < -0.39 is 0 Å². The first-order valence-electron chi connectivity index (χ1n) is 10.6. The predicted octanol–water partition coefficient (Wildman–Crippen LogP) is 4.34. The lowest BCUT2D eigenvalue weighted by Crippen LogP contribution is -2.43. The van der Waals surface area contributed by atoms with Crippen LogP contribution in [0.25, 0.3) is 0 Å². The second-order valence-electron chi connectivity index (χ2n) is 7.89. The summed E-state index contributed by atoms with van der Waals surface area (Å²) >= 11 is 2.07. The van der Waals surface area contributed by atoms with E-state index in [0.717, 1.165) is 45.1 Å². The van der Waals surface area contributed by atoms with Crippen molar-refractivity contribution in [3.63, 3.8) is 0 Å². The van der Waals surface area contributed by atoms with Crippen molar-refractivity contribution in [2.75, 3.05) is 32.1 Å². The number of benzene rings is 1. The molecule has 0 saturated carbocycles. The Morgan fingerprint density at radius 1 is 1.21 bits per heavy atom. The van der Waals surface area contributed by atoms with Crippen LogP contribution < -0.4 is 10.6 Å². The molecule has 0 bridgehead atoms. The van der Waals surface area contributed by atoms with E-state index in [1.807, 2.05) is 0 Å². The van der Waals surface area contributed by atoms with E-state index in [4.69, 9.17) is 14.5 Å². The van der Waals surface area contributed by atoms with Gasteiger partial charge in [0.1, 0.15) is 0 Å². The van der Waals surface area contributed by atoms with Crippen LogP contribution in [0.15, 0.2) is 29.3 Å². The van der Waals surface area contributed by atoms with Gasteiger partial charge in [-0.05, 0) is 56.4 Å². The zero-order valence-electron chi connectivity index (χ0n) is 17.7. The van der Waals surface area contributed by atoms with E-state index in [-0.39, 0.29) is 24.0 Å². The third-order valence-electron chi connectivity index (χ3n) is 5.37. The Morgan fingerprint density at radius 2 is 1.93 bits per heavy atom. The molecule has 0 spiro atoms. The summed E-state index contributed by atoms with van der Waals surface area (Å²) in [4.78, 5) is 4.76. The van der Waals surface area contributed by atoms with Crippen molar-refractivity contribution in [1.82, 2.24) is 10.6 Å². The summed E-state index contributed by atoms with van der Waals surface area (Å²) < 4.78 is 11.7. The molecule has 3 rings (SSSR count). The largest absolute Gasteiger partial charge is 0.381 e. The molecule has 5 nitrogen and oxygen atoms in total. The first-order chi connectivity index (χ1) is 13.7. The first kappa shape index (κ1) is 24.8. The number of guanidine groups is 1. The lowest BCUT2D eigenvalue weighted by atomic mass is 10.1. The molecule has 29 heavy (non-hydrogen) atoms. The molecular weight excluding hydrogens is 497 g/mol. The van der Waals surface area contributed by atoms with Crippen LogP contribution in [0.4, 0.5) is 0 Å². The predicted molar refractivity (Wildman–Crippen MR) is 133 cm³/mol. The summed E-state index contributed by atoms with van der Waals surface area (Å²) in [5, 5.41) is 6.89. The lowest BCUT2D eigenvalue weighted by molar-refractivity contribution is -0.0390. The fourth-order valence-corrected chi connectivity index (χ4v) is 4.80. The Morgan fingerprint density at radius 3 is 2.59 bits per heavy atom. The van der Waals surface area contributed by atoms with Crippen molar-refractivity contribution in [3.05, 3.63) is 35.4 Å². The summed E-state index contributed by atoms with van der Waals surface area (Å²) in [7, 11) is 0. The van der Waals surface area contributed by atoms with E-state index in [9.17, 15) is 0 Å². The zero-order chi connectivity index (χ0) is 19.7. The maximum absolute atomic E-state index is 6.00. The molecule has 2 heterocycles. The summed E-state index contributed by atoms with van der Waals surface area (Å²) in [6, 6.07) is 8.62. The highest BCUT2D eigenvalue weighted by molar-refractivity contribution is 14.0. The maximum Gasteiger partial charge on any atom is 0.191 e. The summed E-state index contributed by atoms with van der Waals surface area (Å²) in [6.07, 6.45) is 4.95. The van der Waals surface area contributed by atoms with Gasteiger partial charge in [0.25, 0.3) is 0 Å². The Bertz CT molecular complexity index is 615. The molecular formula is C22H36IN3O2S. The smallest absolute Gasteiger partial charge is 0.191 e. The van der Waals surface area contributed by atoms with Crippen LogP contribution in [-0.2, 0) is 22.6 Å². The topological polar surface area (TPSA) is 54.9 Å². The van der Waals surface area contributed by atoms with Crippen molar-refractivity contribution in [1.29, 1.82) is 0 Å². The van der Waals surface area contributed by atoms with Gasteiger partial charge < -0.3 is 20.1 Å². The highest BCUT2D eigenvalue weighted by Gasteiger charge is 2.29. The van der Waals surface area contributed by atoms with Crippen molar-refractivity contribution in [2.24, 2.45) is 4.99 Å². The second kappa shape index (κ2) is 13.0. The van der Waals surface area contributed by atoms with Gasteiger partial charge in [-0.15, -0.1) is 24.0 Å². The third-order valence-corrected chi connectivity index (χ3v) is 6.91. The molecule has 2 N–H and O–H groups in total. The number of nitrogens with one attached hydrogen (secondary N) is 2. The van der Waals surface area contributed by atoms with Crippen LogP contribution in [-0.4, -0.2) is 48.9 Å². The Kier molecular flexibility index (Phi) is 11.1. The molecule has 0 radical (unpaired) electrons. The van der Waals surface area contributed by atoms with Crippen molar-refractivity contribution in [3.8, 4) is 0 Å². The van der Waals surface area contributed by atoms with Crippen LogP contribution in [0.2, 0.25) is 0 Å². The highest BCUT2D eigenvalue weighted by Crippen LogP contribution is 2.36. The van der Waals surface area contributed by atoms with E-state index >= 15 is 0 Å². The molecule has 7 heteroatoms. The van der Waals surface area contributed by atoms with Gasteiger partial charge >= 0.3 is 0 Å². The number of ether oxygens (including phenoxy) is 2. The van der Waals surface area contributed by atoms with Crippen LogP contribution in [0, 0.1) is 0 Å². The zero-order valence-corrected chi connectivity index (χ0v) is 20.9. The van der Waals surface area contributed by atoms with Gasteiger partial charge in [0.2, 0.25) is 0 Å². The molecule has 1 aromatic carbocycles. The fraction of sp³-hybridized carbons (Fsp3) is 0.682. The van der Waals surface area contributed by atoms with E-state index in [2.05, 4.69) is 60.5 Å². The molecule has 2 aliphatic rings. The molecule has 0 aromatic heterocycles. The minimum Gasteiger partial charge on any atom is -0.381 e. The van der Waals surface area contributed by atoms with Gasteiger partial charge in [-0.2, -0.15) is 11.8 Å². The second-order valence-corrected chi connectivity index (χ2v) is 9.57. The number of hydrogen-bond donors (Lipinski definition) is 2. The molecule has 0 aliphatic carbocycles. The number of thioether (sulfide) groups is 1.